The van der Waals surface area contributed by atoms with Crippen LogP contribution in [0.5, 0.6) is 0 Å². The van der Waals surface area contributed by atoms with Crippen LogP contribution in [0.4, 0.5) is 17.6 Å². The molecule has 1 aliphatic heterocycles. The molecule has 1 unspecified atom stereocenters. The summed E-state index contributed by atoms with van der Waals surface area (Å²) in [5.41, 5.74) is 0. The van der Waals surface area contributed by atoms with Gasteiger partial charge in [0, 0.05) is 6.54 Å². The molecule has 0 saturated carbocycles. The smallest absolute Gasteiger partial charge is 0.337 e. The fourth-order valence-electron chi connectivity index (χ4n) is 0.767. The first-order chi connectivity index (χ1) is 4.96. The zero-order chi connectivity index (χ0) is 8.54. The largest absolute Gasteiger partial charge is 0.449 e. The molecule has 66 valence electrons. The van der Waals surface area contributed by atoms with E-state index in [0.29, 0.717) is 0 Å². The van der Waals surface area contributed by atoms with Gasteiger partial charge >= 0.3 is 12.0 Å². The van der Waals surface area contributed by atoms with Crippen molar-refractivity contribution >= 4 is 0 Å². The fraction of sp³-hybridized carbons (Fsp3) is 1.00. The van der Waals surface area contributed by atoms with Crippen LogP contribution in [0.15, 0.2) is 0 Å². The zero-order valence-electron chi connectivity index (χ0n) is 5.54. The minimum atomic E-state index is -4.94. The average molecular weight is 173 g/mol. The summed E-state index contributed by atoms with van der Waals surface area (Å²) in [4.78, 5) is 0. The number of hydrogen-bond donors (Lipinski definition) is 1. The van der Waals surface area contributed by atoms with E-state index < -0.39 is 18.6 Å². The number of ether oxygens (including phenoxy) is 1. The van der Waals surface area contributed by atoms with Crippen LogP contribution in [-0.2, 0) is 4.74 Å². The molecule has 6 heteroatoms. The second kappa shape index (κ2) is 2.60. The molecule has 0 radical (unpaired) electrons. The Morgan fingerprint density at radius 3 is 2.27 bits per heavy atom. The lowest BCUT2D eigenvalue weighted by Gasteiger charge is -2.31. The molecule has 0 aromatic heterocycles. The van der Waals surface area contributed by atoms with Crippen molar-refractivity contribution in [2.75, 3.05) is 19.7 Å². The Balaban J connectivity index is 2.64. The van der Waals surface area contributed by atoms with Gasteiger partial charge in [-0.05, 0) is 0 Å². The summed E-state index contributed by atoms with van der Waals surface area (Å²) in [6.07, 6.45) is -4.94. The lowest BCUT2D eigenvalue weighted by molar-refractivity contribution is -0.336. The molecule has 1 rings (SSSR count). The van der Waals surface area contributed by atoms with Crippen LogP contribution in [0, 0.1) is 0 Å². The summed E-state index contributed by atoms with van der Waals surface area (Å²) < 4.78 is 52.0. The first-order valence-electron chi connectivity index (χ1n) is 3.06. The maximum atomic E-state index is 12.7. The summed E-state index contributed by atoms with van der Waals surface area (Å²) in [5, 5.41) is 2.26. The third kappa shape index (κ3) is 1.62. The number of halogens is 4. The number of morpholine rings is 1. The van der Waals surface area contributed by atoms with Gasteiger partial charge in [0.2, 0.25) is 0 Å². The highest BCUT2D eigenvalue weighted by Gasteiger charge is 2.58. The van der Waals surface area contributed by atoms with Crippen molar-refractivity contribution in [1.82, 2.24) is 5.32 Å². The van der Waals surface area contributed by atoms with Crippen molar-refractivity contribution in [2.24, 2.45) is 0 Å². The highest BCUT2D eigenvalue weighted by molar-refractivity contribution is 4.82. The molecule has 1 saturated heterocycles. The molecular formula is C5H7F4NO. The van der Waals surface area contributed by atoms with E-state index in [0.717, 1.165) is 0 Å². The van der Waals surface area contributed by atoms with Crippen molar-refractivity contribution in [2.45, 2.75) is 12.0 Å². The molecular weight excluding hydrogens is 166 g/mol. The molecule has 0 aromatic carbocycles. The van der Waals surface area contributed by atoms with E-state index in [4.69, 9.17) is 0 Å². The van der Waals surface area contributed by atoms with Gasteiger partial charge in [0.05, 0.1) is 13.2 Å². The normalized spacial score (nSPS) is 33.8. The molecule has 1 heterocycles. The van der Waals surface area contributed by atoms with Crippen LogP contribution in [0.25, 0.3) is 0 Å². The van der Waals surface area contributed by atoms with E-state index in [-0.39, 0.29) is 13.2 Å². The molecule has 0 spiro atoms. The van der Waals surface area contributed by atoms with E-state index in [2.05, 4.69) is 10.1 Å². The number of nitrogens with one attached hydrogen (secondary N) is 1. The third-order valence-electron chi connectivity index (χ3n) is 1.39. The zero-order valence-corrected chi connectivity index (χ0v) is 5.54. The van der Waals surface area contributed by atoms with Crippen molar-refractivity contribution < 1.29 is 22.3 Å². The highest BCUT2D eigenvalue weighted by Crippen LogP contribution is 2.35. The summed E-state index contributed by atoms with van der Waals surface area (Å²) in [7, 11) is 0. The molecule has 0 amide bonds. The molecule has 0 aromatic rings. The Morgan fingerprint density at radius 1 is 1.36 bits per heavy atom. The Morgan fingerprint density at radius 2 is 2.00 bits per heavy atom. The van der Waals surface area contributed by atoms with Crippen LogP contribution in [0.3, 0.4) is 0 Å². The Bertz CT molecular complexity index is 140. The van der Waals surface area contributed by atoms with Gasteiger partial charge in [-0.15, -0.1) is 0 Å². The fourth-order valence-corrected chi connectivity index (χ4v) is 0.767. The van der Waals surface area contributed by atoms with Crippen molar-refractivity contribution in [3.63, 3.8) is 0 Å². The summed E-state index contributed by atoms with van der Waals surface area (Å²) in [5.74, 6) is -3.49. The van der Waals surface area contributed by atoms with Gasteiger partial charge in [0.25, 0.3) is 0 Å². The van der Waals surface area contributed by atoms with E-state index in [1.165, 1.54) is 0 Å². The Kier molecular flexibility index (Phi) is 2.06. The minimum Gasteiger partial charge on any atom is -0.337 e. The maximum absolute atomic E-state index is 12.7. The topological polar surface area (TPSA) is 21.3 Å². The molecule has 0 bridgehead atoms. The molecule has 1 aliphatic rings. The lowest BCUT2D eigenvalue weighted by atomic mass is 10.2. The average Bonchev–Trinajstić information content (AvgIpc) is 1.87. The van der Waals surface area contributed by atoms with E-state index in [9.17, 15) is 17.6 Å². The van der Waals surface area contributed by atoms with Gasteiger partial charge in [-0.1, -0.05) is 0 Å². The second-order valence-corrected chi connectivity index (χ2v) is 2.25. The van der Waals surface area contributed by atoms with Gasteiger partial charge in [-0.2, -0.15) is 13.2 Å². The standard InChI is InChI=1S/C5H7F4NO/c6-4(5(7,8)9)3-10-1-2-11-4/h10H,1-3H2. The second-order valence-electron chi connectivity index (χ2n) is 2.25. The maximum Gasteiger partial charge on any atom is 0.449 e. The first kappa shape index (κ1) is 8.73. The van der Waals surface area contributed by atoms with Gasteiger partial charge < -0.3 is 10.1 Å². The van der Waals surface area contributed by atoms with Crippen LogP contribution in [0.1, 0.15) is 0 Å². The predicted octanol–water partition coefficient (Wildman–Crippen LogP) is 0.834. The van der Waals surface area contributed by atoms with Crippen LogP contribution in [0.2, 0.25) is 0 Å². The highest BCUT2D eigenvalue weighted by atomic mass is 19.4. The van der Waals surface area contributed by atoms with Crippen LogP contribution in [-0.4, -0.2) is 31.7 Å². The summed E-state index contributed by atoms with van der Waals surface area (Å²) in [6.45, 7) is -0.825. The first-order valence-corrected chi connectivity index (χ1v) is 3.06. The molecule has 1 atom stereocenters. The molecule has 2 nitrogen and oxygen atoms in total. The summed E-state index contributed by atoms with van der Waals surface area (Å²) in [6, 6.07) is 0. The number of alkyl halides is 4. The molecule has 11 heavy (non-hydrogen) atoms. The predicted molar refractivity (Wildman–Crippen MR) is 28.7 cm³/mol. The van der Waals surface area contributed by atoms with Crippen LogP contribution >= 0.6 is 0 Å². The van der Waals surface area contributed by atoms with Crippen molar-refractivity contribution in [3.8, 4) is 0 Å². The van der Waals surface area contributed by atoms with Gasteiger partial charge in [-0.3, -0.25) is 0 Å². The molecule has 1 N–H and O–H groups in total. The van der Waals surface area contributed by atoms with E-state index in [1.807, 2.05) is 0 Å². The third-order valence-corrected chi connectivity index (χ3v) is 1.39. The SMILES string of the molecule is FC(F)(F)C1(F)CNCCO1. The van der Waals surface area contributed by atoms with Gasteiger partial charge in [0.1, 0.15) is 0 Å². The van der Waals surface area contributed by atoms with Gasteiger partial charge in [-0.25, -0.2) is 4.39 Å². The van der Waals surface area contributed by atoms with Crippen LogP contribution < -0.4 is 5.32 Å². The van der Waals surface area contributed by atoms with Crippen molar-refractivity contribution in [3.05, 3.63) is 0 Å². The minimum absolute atomic E-state index is 0.252. The quantitative estimate of drug-likeness (QED) is 0.548. The van der Waals surface area contributed by atoms with E-state index >= 15 is 0 Å². The van der Waals surface area contributed by atoms with Crippen molar-refractivity contribution in [1.29, 1.82) is 0 Å². The molecule has 0 aliphatic carbocycles. The van der Waals surface area contributed by atoms with E-state index in [1.54, 1.807) is 0 Å². The Hall–Kier alpha value is -0.360. The lowest BCUT2D eigenvalue weighted by Crippen LogP contribution is -2.55. The number of rotatable bonds is 0. The van der Waals surface area contributed by atoms with Gasteiger partial charge in [0.15, 0.2) is 0 Å². The monoisotopic (exact) mass is 173 g/mol. The molecule has 1 fully saturated rings. The number of hydrogen-bond acceptors (Lipinski definition) is 2. The Labute approximate surface area is 60.5 Å². The summed E-state index contributed by atoms with van der Waals surface area (Å²) >= 11 is 0.